The van der Waals surface area contributed by atoms with Crippen LogP contribution in [0.1, 0.15) is 36.1 Å². The molecule has 5 heteroatoms. The van der Waals surface area contributed by atoms with Gasteiger partial charge in [0, 0.05) is 18.1 Å². The third kappa shape index (κ3) is 5.83. The van der Waals surface area contributed by atoms with Gasteiger partial charge in [0.2, 0.25) is 11.8 Å². The van der Waals surface area contributed by atoms with E-state index in [1.54, 1.807) is 17.9 Å². The lowest BCUT2D eigenvalue weighted by Gasteiger charge is -2.29. The normalized spacial score (nSPS) is 11.7. The minimum absolute atomic E-state index is 0.0861. The van der Waals surface area contributed by atoms with Crippen molar-refractivity contribution >= 4 is 23.4 Å². The molecule has 27 heavy (non-hydrogen) atoms. The van der Waals surface area contributed by atoms with Crippen LogP contribution >= 0.6 is 11.6 Å². The predicted octanol–water partition coefficient (Wildman–Crippen LogP) is 4.05. The van der Waals surface area contributed by atoms with Gasteiger partial charge in [-0.3, -0.25) is 9.59 Å². The van der Waals surface area contributed by atoms with Crippen molar-refractivity contribution in [1.82, 2.24) is 10.2 Å². The Morgan fingerprint density at radius 1 is 1.07 bits per heavy atom. The van der Waals surface area contributed by atoms with Crippen molar-refractivity contribution in [2.24, 2.45) is 0 Å². The van der Waals surface area contributed by atoms with E-state index < -0.39 is 6.04 Å². The first-order valence-corrected chi connectivity index (χ1v) is 9.57. The van der Waals surface area contributed by atoms with Gasteiger partial charge in [-0.05, 0) is 62.1 Å². The lowest BCUT2D eigenvalue weighted by Crippen LogP contribution is -2.48. The predicted molar refractivity (Wildman–Crippen MR) is 110 cm³/mol. The number of hydrogen-bond acceptors (Lipinski definition) is 2. The molecular formula is C22H27ClN2O2. The first-order chi connectivity index (χ1) is 12.8. The van der Waals surface area contributed by atoms with E-state index in [0.29, 0.717) is 18.1 Å². The highest BCUT2D eigenvalue weighted by molar-refractivity contribution is 6.30. The monoisotopic (exact) mass is 386 g/mol. The third-order valence-electron chi connectivity index (χ3n) is 4.69. The number of likely N-dealkylation sites (N-methyl/N-ethyl adjacent to an activating group) is 1. The zero-order valence-electron chi connectivity index (χ0n) is 16.4. The molecule has 2 amide bonds. The first kappa shape index (κ1) is 21.0. The molecular weight excluding hydrogens is 360 g/mol. The molecule has 0 saturated heterocycles. The van der Waals surface area contributed by atoms with E-state index in [-0.39, 0.29) is 18.2 Å². The smallest absolute Gasteiger partial charge is 0.242 e. The van der Waals surface area contributed by atoms with Gasteiger partial charge in [0.25, 0.3) is 0 Å². The van der Waals surface area contributed by atoms with E-state index >= 15 is 0 Å². The van der Waals surface area contributed by atoms with Crippen LogP contribution in [0.5, 0.6) is 0 Å². The summed E-state index contributed by atoms with van der Waals surface area (Å²) in [6.45, 7) is 8.56. The molecule has 2 rings (SSSR count). The summed E-state index contributed by atoms with van der Waals surface area (Å²) in [6.07, 6.45) is 0.255. The number of rotatable bonds is 7. The summed E-state index contributed by atoms with van der Waals surface area (Å²) >= 11 is 6.08. The molecule has 1 atom stereocenters. The van der Waals surface area contributed by atoms with Crippen LogP contribution < -0.4 is 5.32 Å². The summed E-state index contributed by atoms with van der Waals surface area (Å²) < 4.78 is 0. The zero-order valence-corrected chi connectivity index (χ0v) is 17.1. The van der Waals surface area contributed by atoms with Gasteiger partial charge in [-0.2, -0.15) is 0 Å². The fourth-order valence-corrected chi connectivity index (χ4v) is 3.14. The number of benzene rings is 2. The van der Waals surface area contributed by atoms with Crippen LogP contribution in [0.2, 0.25) is 5.02 Å². The van der Waals surface area contributed by atoms with E-state index in [1.807, 2.05) is 57.2 Å². The summed E-state index contributed by atoms with van der Waals surface area (Å²) in [4.78, 5) is 27.0. The molecule has 0 aliphatic rings. The Bertz CT molecular complexity index is 820. The van der Waals surface area contributed by atoms with Crippen molar-refractivity contribution in [2.45, 2.75) is 46.7 Å². The highest BCUT2D eigenvalue weighted by Crippen LogP contribution is 2.17. The van der Waals surface area contributed by atoms with E-state index in [9.17, 15) is 9.59 Å². The maximum absolute atomic E-state index is 13.1. The molecule has 0 radical (unpaired) electrons. The van der Waals surface area contributed by atoms with Crippen molar-refractivity contribution in [3.05, 3.63) is 69.7 Å². The van der Waals surface area contributed by atoms with Crippen LogP contribution in [0.25, 0.3) is 0 Å². The van der Waals surface area contributed by atoms with Gasteiger partial charge in [-0.15, -0.1) is 0 Å². The number of nitrogens with zero attached hydrogens (tertiary/aromatic N) is 1. The van der Waals surface area contributed by atoms with E-state index in [1.165, 1.54) is 5.56 Å². The Balaban J connectivity index is 2.25. The molecule has 4 nitrogen and oxygen atoms in total. The van der Waals surface area contributed by atoms with Crippen LogP contribution in [0, 0.1) is 13.8 Å². The summed E-state index contributed by atoms with van der Waals surface area (Å²) in [5.74, 6) is -0.245. The van der Waals surface area contributed by atoms with Crippen LogP contribution in [-0.4, -0.2) is 29.3 Å². The van der Waals surface area contributed by atoms with E-state index in [0.717, 1.165) is 16.7 Å². The van der Waals surface area contributed by atoms with Gasteiger partial charge < -0.3 is 10.2 Å². The number of carbonyl (C=O) groups is 2. The molecule has 1 unspecified atom stereocenters. The number of nitrogens with one attached hydrogen (secondary N) is 1. The lowest BCUT2D eigenvalue weighted by atomic mass is 10.0. The summed E-state index contributed by atoms with van der Waals surface area (Å²) in [6, 6.07) is 12.8. The van der Waals surface area contributed by atoms with Gasteiger partial charge in [-0.1, -0.05) is 41.9 Å². The van der Waals surface area contributed by atoms with Crippen molar-refractivity contribution in [3.63, 3.8) is 0 Å². The van der Waals surface area contributed by atoms with E-state index in [4.69, 9.17) is 11.6 Å². The molecule has 0 saturated carbocycles. The maximum Gasteiger partial charge on any atom is 0.242 e. The van der Waals surface area contributed by atoms with Gasteiger partial charge in [0.1, 0.15) is 6.04 Å². The van der Waals surface area contributed by atoms with Crippen molar-refractivity contribution in [3.8, 4) is 0 Å². The highest BCUT2D eigenvalue weighted by atomic mass is 35.5. The van der Waals surface area contributed by atoms with Crippen LogP contribution in [-0.2, 0) is 22.6 Å². The average molecular weight is 387 g/mol. The second-order valence-electron chi connectivity index (χ2n) is 6.82. The molecule has 0 spiro atoms. The maximum atomic E-state index is 13.1. The Kier molecular flexibility index (Phi) is 7.43. The van der Waals surface area contributed by atoms with Crippen LogP contribution in [0.4, 0.5) is 0 Å². The summed E-state index contributed by atoms with van der Waals surface area (Å²) in [5, 5.41) is 3.41. The Morgan fingerprint density at radius 3 is 2.44 bits per heavy atom. The number of carbonyl (C=O) groups excluding carboxylic acids is 2. The van der Waals surface area contributed by atoms with Gasteiger partial charge in [-0.25, -0.2) is 0 Å². The minimum Gasteiger partial charge on any atom is -0.355 e. The van der Waals surface area contributed by atoms with Crippen LogP contribution in [0.15, 0.2) is 42.5 Å². The molecule has 2 aromatic carbocycles. The fraction of sp³-hybridized carbons (Fsp3) is 0.364. The summed E-state index contributed by atoms with van der Waals surface area (Å²) in [5.41, 5.74) is 4.19. The van der Waals surface area contributed by atoms with Crippen LogP contribution in [0.3, 0.4) is 0 Å². The second kappa shape index (κ2) is 9.56. The molecule has 0 aromatic heterocycles. The van der Waals surface area contributed by atoms with Gasteiger partial charge in [0.15, 0.2) is 0 Å². The number of hydrogen-bond donors (Lipinski definition) is 1. The SMILES string of the molecule is CCNC(=O)C(C)N(Cc1cccc(Cl)c1)C(=O)Cc1ccc(C)c(C)c1. The zero-order chi connectivity index (χ0) is 20.0. The van der Waals surface area contributed by atoms with Crippen molar-refractivity contribution in [2.75, 3.05) is 6.54 Å². The molecule has 0 aliphatic heterocycles. The lowest BCUT2D eigenvalue weighted by molar-refractivity contribution is -0.140. The number of amides is 2. The largest absolute Gasteiger partial charge is 0.355 e. The van der Waals surface area contributed by atoms with Crippen molar-refractivity contribution in [1.29, 1.82) is 0 Å². The highest BCUT2D eigenvalue weighted by Gasteiger charge is 2.26. The second-order valence-corrected chi connectivity index (χ2v) is 7.25. The number of aryl methyl sites for hydroxylation is 2. The molecule has 2 aromatic rings. The van der Waals surface area contributed by atoms with Crippen molar-refractivity contribution < 1.29 is 9.59 Å². The topological polar surface area (TPSA) is 49.4 Å². The Hall–Kier alpha value is -2.33. The van der Waals surface area contributed by atoms with Gasteiger partial charge >= 0.3 is 0 Å². The standard InChI is InChI=1S/C22H27ClN2O2/c1-5-24-22(27)17(4)25(14-19-7-6-8-20(23)12-19)21(26)13-18-10-9-15(2)16(3)11-18/h6-12,17H,5,13-14H2,1-4H3,(H,24,27). The number of halogens is 1. The molecule has 0 heterocycles. The first-order valence-electron chi connectivity index (χ1n) is 9.19. The molecule has 0 aliphatic carbocycles. The minimum atomic E-state index is -0.567. The van der Waals surface area contributed by atoms with E-state index in [2.05, 4.69) is 5.32 Å². The molecule has 144 valence electrons. The molecule has 0 bridgehead atoms. The average Bonchev–Trinajstić information content (AvgIpc) is 2.62. The third-order valence-corrected chi connectivity index (χ3v) is 4.92. The fourth-order valence-electron chi connectivity index (χ4n) is 2.93. The molecule has 0 fully saturated rings. The van der Waals surface area contributed by atoms with Gasteiger partial charge in [0.05, 0.1) is 6.42 Å². The Morgan fingerprint density at radius 2 is 1.81 bits per heavy atom. The summed E-state index contributed by atoms with van der Waals surface area (Å²) in [7, 11) is 0. The quantitative estimate of drug-likeness (QED) is 0.780. The molecule has 1 N–H and O–H groups in total. The Labute approximate surface area is 166 Å².